The minimum absolute atomic E-state index is 0.0214. The number of rotatable bonds is 4. The van der Waals surface area contributed by atoms with Gasteiger partial charge in [-0.1, -0.05) is 0 Å². The van der Waals surface area contributed by atoms with Crippen molar-refractivity contribution in [3.63, 3.8) is 0 Å². The zero-order valence-corrected chi connectivity index (χ0v) is 10.9. The van der Waals surface area contributed by atoms with E-state index < -0.39 is 11.8 Å². The molecule has 1 aliphatic rings. The number of nitrogens with one attached hydrogen (secondary N) is 1. The van der Waals surface area contributed by atoms with Crippen LogP contribution in [-0.2, 0) is 0 Å². The number of halogens is 1. The molecular formula is C13H18FN3O2. The fourth-order valence-corrected chi connectivity index (χ4v) is 2.41. The molecule has 1 aromatic rings. The van der Waals surface area contributed by atoms with Crippen molar-refractivity contribution in [1.29, 1.82) is 0 Å². The summed E-state index contributed by atoms with van der Waals surface area (Å²) < 4.78 is 13.8. The lowest BCUT2D eigenvalue weighted by molar-refractivity contribution is 0.0692. The molecule has 0 radical (unpaired) electrons. The maximum absolute atomic E-state index is 13.8. The van der Waals surface area contributed by atoms with Crippen molar-refractivity contribution >= 4 is 11.8 Å². The molecule has 0 bridgehead atoms. The van der Waals surface area contributed by atoms with Crippen LogP contribution in [0.2, 0.25) is 0 Å². The summed E-state index contributed by atoms with van der Waals surface area (Å²) in [5.41, 5.74) is -0.349. The van der Waals surface area contributed by atoms with Gasteiger partial charge < -0.3 is 15.3 Å². The van der Waals surface area contributed by atoms with E-state index in [9.17, 15) is 9.18 Å². The Hall–Kier alpha value is -1.69. The first kappa shape index (κ1) is 13.7. The van der Waals surface area contributed by atoms with Crippen LogP contribution in [0.15, 0.2) is 12.3 Å². The Morgan fingerprint density at radius 2 is 2.47 bits per heavy atom. The molecule has 1 atom stereocenters. The van der Waals surface area contributed by atoms with Crippen LogP contribution >= 0.6 is 0 Å². The molecule has 0 saturated carbocycles. The highest BCUT2D eigenvalue weighted by Gasteiger charge is 2.19. The summed E-state index contributed by atoms with van der Waals surface area (Å²) in [6.07, 6.45) is 3.54. The Morgan fingerprint density at radius 1 is 1.68 bits per heavy atom. The number of hydrogen-bond acceptors (Lipinski definition) is 4. The Balaban J connectivity index is 1.99. The average Bonchev–Trinajstić information content (AvgIpc) is 2.37. The van der Waals surface area contributed by atoms with Gasteiger partial charge in [0.25, 0.3) is 0 Å². The van der Waals surface area contributed by atoms with Gasteiger partial charge in [-0.3, -0.25) is 0 Å². The topological polar surface area (TPSA) is 65.5 Å². The van der Waals surface area contributed by atoms with Crippen LogP contribution in [0.25, 0.3) is 0 Å². The molecule has 19 heavy (non-hydrogen) atoms. The fraction of sp³-hybridized carbons (Fsp3) is 0.538. The molecule has 0 aliphatic carbocycles. The molecule has 1 saturated heterocycles. The normalized spacial score (nSPS) is 20.2. The standard InChI is InChI=1S/C13H18FN3O2/c1-17-6-2-3-9(8-17)7-16-12-11(14)10(13(18)19)4-5-15-12/h4-5,9H,2-3,6-8H2,1H3,(H,15,16)(H,18,19). The molecule has 2 rings (SSSR count). The van der Waals surface area contributed by atoms with Gasteiger partial charge in [-0.25, -0.2) is 14.2 Å². The van der Waals surface area contributed by atoms with Crippen molar-refractivity contribution in [2.75, 3.05) is 32.0 Å². The average molecular weight is 267 g/mol. The Bertz CT molecular complexity index is 467. The van der Waals surface area contributed by atoms with Gasteiger partial charge in [0.1, 0.15) is 5.56 Å². The third-order valence-electron chi connectivity index (χ3n) is 3.40. The minimum atomic E-state index is -1.28. The molecule has 0 amide bonds. The number of anilines is 1. The maximum Gasteiger partial charge on any atom is 0.338 e. The highest BCUT2D eigenvalue weighted by atomic mass is 19.1. The number of aromatic nitrogens is 1. The molecule has 1 aliphatic heterocycles. The number of hydrogen-bond donors (Lipinski definition) is 2. The lowest BCUT2D eigenvalue weighted by atomic mass is 9.98. The number of pyridine rings is 1. The summed E-state index contributed by atoms with van der Waals surface area (Å²) in [4.78, 5) is 16.9. The molecule has 0 spiro atoms. The first-order valence-corrected chi connectivity index (χ1v) is 6.38. The smallest absolute Gasteiger partial charge is 0.338 e. The molecule has 0 aromatic carbocycles. The predicted molar refractivity (Wildman–Crippen MR) is 69.9 cm³/mol. The van der Waals surface area contributed by atoms with Gasteiger partial charge in [-0.2, -0.15) is 0 Å². The number of carbonyl (C=O) groups is 1. The van der Waals surface area contributed by atoms with Crippen molar-refractivity contribution in [1.82, 2.24) is 9.88 Å². The molecule has 104 valence electrons. The molecule has 1 aromatic heterocycles. The van der Waals surface area contributed by atoms with E-state index in [2.05, 4.69) is 22.2 Å². The van der Waals surface area contributed by atoms with Crippen LogP contribution in [0.1, 0.15) is 23.2 Å². The van der Waals surface area contributed by atoms with Gasteiger partial charge in [0.2, 0.25) is 0 Å². The monoisotopic (exact) mass is 267 g/mol. The van der Waals surface area contributed by atoms with E-state index in [0.717, 1.165) is 32.0 Å². The van der Waals surface area contributed by atoms with Crippen molar-refractivity contribution in [3.05, 3.63) is 23.6 Å². The molecule has 1 fully saturated rings. The van der Waals surface area contributed by atoms with E-state index in [1.807, 2.05) is 0 Å². The van der Waals surface area contributed by atoms with Crippen LogP contribution in [0.4, 0.5) is 10.2 Å². The van der Waals surface area contributed by atoms with E-state index in [1.165, 1.54) is 6.20 Å². The van der Waals surface area contributed by atoms with Crippen LogP contribution in [0.3, 0.4) is 0 Å². The Kier molecular flexibility index (Phi) is 4.31. The summed E-state index contributed by atoms with van der Waals surface area (Å²) in [5, 5.41) is 11.8. The number of likely N-dealkylation sites (tertiary alicyclic amines) is 1. The number of aromatic carboxylic acids is 1. The van der Waals surface area contributed by atoms with Gasteiger partial charge >= 0.3 is 5.97 Å². The van der Waals surface area contributed by atoms with Gasteiger partial charge in [0.15, 0.2) is 11.6 Å². The van der Waals surface area contributed by atoms with Crippen molar-refractivity contribution in [3.8, 4) is 0 Å². The van der Waals surface area contributed by atoms with E-state index >= 15 is 0 Å². The maximum atomic E-state index is 13.8. The molecule has 2 N–H and O–H groups in total. The third-order valence-corrected chi connectivity index (χ3v) is 3.40. The zero-order chi connectivity index (χ0) is 13.8. The van der Waals surface area contributed by atoms with E-state index in [-0.39, 0.29) is 11.4 Å². The third kappa shape index (κ3) is 3.41. The zero-order valence-electron chi connectivity index (χ0n) is 10.9. The van der Waals surface area contributed by atoms with Gasteiger partial charge in [0, 0.05) is 19.3 Å². The van der Waals surface area contributed by atoms with Gasteiger partial charge in [0.05, 0.1) is 0 Å². The van der Waals surface area contributed by atoms with Gasteiger partial charge in [-0.05, 0) is 38.4 Å². The van der Waals surface area contributed by atoms with Crippen LogP contribution in [0.5, 0.6) is 0 Å². The first-order chi connectivity index (χ1) is 9.08. The Morgan fingerprint density at radius 3 is 3.16 bits per heavy atom. The highest BCUT2D eigenvalue weighted by Crippen LogP contribution is 2.18. The van der Waals surface area contributed by atoms with E-state index in [1.54, 1.807) is 0 Å². The van der Waals surface area contributed by atoms with Crippen LogP contribution < -0.4 is 5.32 Å². The molecule has 2 heterocycles. The van der Waals surface area contributed by atoms with Crippen molar-refractivity contribution in [2.24, 2.45) is 5.92 Å². The van der Waals surface area contributed by atoms with E-state index in [4.69, 9.17) is 5.11 Å². The first-order valence-electron chi connectivity index (χ1n) is 6.38. The quantitative estimate of drug-likeness (QED) is 0.868. The summed E-state index contributed by atoms with van der Waals surface area (Å²) in [7, 11) is 2.07. The lowest BCUT2D eigenvalue weighted by Crippen LogP contribution is -2.35. The van der Waals surface area contributed by atoms with E-state index in [0.29, 0.717) is 12.5 Å². The molecule has 5 nitrogen and oxygen atoms in total. The minimum Gasteiger partial charge on any atom is -0.478 e. The number of piperidine rings is 1. The molecule has 6 heteroatoms. The number of carboxylic acid groups (broad SMARTS) is 1. The van der Waals surface area contributed by atoms with Crippen molar-refractivity contribution in [2.45, 2.75) is 12.8 Å². The molecule has 1 unspecified atom stereocenters. The summed E-state index contributed by atoms with van der Waals surface area (Å²) in [6, 6.07) is 1.16. The second-order valence-electron chi connectivity index (χ2n) is 4.98. The fourth-order valence-electron chi connectivity index (χ4n) is 2.41. The van der Waals surface area contributed by atoms with Crippen LogP contribution in [0, 0.1) is 11.7 Å². The second-order valence-corrected chi connectivity index (χ2v) is 4.98. The second kappa shape index (κ2) is 5.97. The largest absolute Gasteiger partial charge is 0.478 e. The summed E-state index contributed by atoms with van der Waals surface area (Å²) in [6.45, 7) is 2.67. The van der Waals surface area contributed by atoms with Crippen molar-refractivity contribution < 1.29 is 14.3 Å². The summed E-state index contributed by atoms with van der Waals surface area (Å²) in [5.74, 6) is -1.61. The summed E-state index contributed by atoms with van der Waals surface area (Å²) >= 11 is 0. The highest BCUT2D eigenvalue weighted by molar-refractivity contribution is 5.88. The molecular weight excluding hydrogens is 249 g/mol. The van der Waals surface area contributed by atoms with Gasteiger partial charge in [-0.15, -0.1) is 0 Å². The lowest BCUT2D eigenvalue weighted by Gasteiger charge is -2.29. The predicted octanol–water partition coefficient (Wildman–Crippen LogP) is 1.67. The number of carboxylic acids is 1. The van der Waals surface area contributed by atoms with Crippen LogP contribution in [-0.4, -0.2) is 47.6 Å². The Labute approximate surface area is 111 Å². The number of nitrogens with zero attached hydrogens (tertiary/aromatic N) is 2. The SMILES string of the molecule is CN1CCCC(CNc2nccc(C(=O)O)c2F)C1.